The molecule has 4 heteroatoms. The SMILES string of the molecule is COC(=O)CCC(=O)Cc1cccc2ncccc12. The number of rotatable bonds is 5. The number of hydrogen-bond donors (Lipinski definition) is 0. The zero-order valence-electron chi connectivity index (χ0n) is 10.8. The molecule has 0 fully saturated rings. The topological polar surface area (TPSA) is 56.3 Å². The van der Waals surface area contributed by atoms with Crippen molar-refractivity contribution in [3.8, 4) is 0 Å². The molecule has 1 heterocycles. The van der Waals surface area contributed by atoms with Crippen LogP contribution in [0.15, 0.2) is 36.5 Å². The monoisotopic (exact) mass is 257 g/mol. The molecule has 2 rings (SSSR count). The van der Waals surface area contributed by atoms with E-state index in [4.69, 9.17) is 0 Å². The van der Waals surface area contributed by atoms with Crippen LogP contribution in [0.4, 0.5) is 0 Å². The fraction of sp³-hybridized carbons (Fsp3) is 0.267. The molecule has 0 radical (unpaired) electrons. The summed E-state index contributed by atoms with van der Waals surface area (Å²) in [5.74, 6) is -0.324. The fourth-order valence-electron chi connectivity index (χ4n) is 1.97. The number of Topliss-reactive ketones (excluding diaryl/α,β-unsaturated/α-hetero) is 1. The van der Waals surface area contributed by atoms with Crippen LogP contribution >= 0.6 is 0 Å². The van der Waals surface area contributed by atoms with Gasteiger partial charge in [-0.2, -0.15) is 0 Å². The van der Waals surface area contributed by atoms with Gasteiger partial charge >= 0.3 is 5.97 Å². The van der Waals surface area contributed by atoms with Crippen LogP contribution in [-0.4, -0.2) is 23.8 Å². The molecule has 0 amide bonds. The van der Waals surface area contributed by atoms with Gasteiger partial charge in [-0.1, -0.05) is 18.2 Å². The predicted octanol–water partition coefficient (Wildman–Crippen LogP) is 2.30. The first-order valence-corrected chi connectivity index (χ1v) is 6.12. The number of benzene rings is 1. The van der Waals surface area contributed by atoms with Gasteiger partial charge in [0.15, 0.2) is 0 Å². The molecule has 2 aromatic rings. The molecule has 0 spiro atoms. The Hall–Kier alpha value is -2.23. The summed E-state index contributed by atoms with van der Waals surface area (Å²) in [5.41, 5.74) is 1.82. The van der Waals surface area contributed by atoms with E-state index in [0.717, 1.165) is 16.5 Å². The maximum absolute atomic E-state index is 11.8. The molecule has 0 aliphatic heterocycles. The predicted molar refractivity (Wildman–Crippen MR) is 71.7 cm³/mol. The van der Waals surface area contributed by atoms with Gasteiger partial charge in [0, 0.05) is 24.4 Å². The van der Waals surface area contributed by atoms with Gasteiger partial charge in [0.25, 0.3) is 0 Å². The van der Waals surface area contributed by atoms with E-state index in [1.165, 1.54) is 7.11 Å². The smallest absolute Gasteiger partial charge is 0.305 e. The summed E-state index contributed by atoms with van der Waals surface area (Å²) in [7, 11) is 1.32. The first-order valence-electron chi connectivity index (χ1n) is 6.12. The zero-order chi connectivity index (χ0) is 13.7. The highest BCUT2D eigenvalue weighted by Gasteiger charge is 2.10. The maximum atomic E-state index is 11.8. The van der Waals surface area contributed by atoms with Gasteiger partial charge in [0.05, 0.1) is 19.0 Å². The summed E-state index contributed by atoms with van der Waals surface area (Å²) >= 11 is 0. The molecule has 0 aliphatic carbocycles. The third-order valence-corrected chi connectivity index (χ3v) is 2.96. The molecule has 0 saturated heterocycles. The second kappa shape index (κ2) is 6.09. The number of pyridine rings is 1. The Bertz CT molecular complexity index is 602. The first-order chi connectivity index (χ1) is 9.20. The number of nitrogens with zero attached hydrogens (tertiary/aromatic N) is 1. The summed E-state index contributed by atoms with van der Waals surface area (Å²) in [6.07, 6.45) is 2.40. The second-order valence-corrected chi connectivity index (χ2v) is 4.28. The van der Waals surface area contributed by atoms with E-state index >= 15 is 0 Å². The van der Waals surface area contributed by atoms with Gasteiger partial charge in [-0.25, -0.2) is 0 Å². The number of fused-ring (bicyclic) bond motifs is 1. The molecule has 0 bridgehead atoms. The highest BCUT2D eigenvalue weighted by molar-refractivity contribution is 5.90. The van der Waals surface area contributed by atoms with Crippen molar-refractivity contribution >= 4 is 22.7 Å². The van der Waals surface area contributed by atoms with Crippen LogP contribution in [0.1, 0.15) is 18.4 Å². The summed E-state index contributed by atoms with van der Waals surface area (Å²) in [6.45, 7) is 0. The molecule has 4 nitrogen and oxygen atoms in total. The van der Waals surface area contributed by atoms with Gasteiger partial charge in [0.1, 0.15) is 5.78 Å². The van der Waals surface area contributed by atoms with Crippen LogP contribution in [0.25, 0.3) is 10.9 Å². The zero-order valence-corrected chi connectivity index (χ0v) is 10.8. The minimum atomic E-state index is -0.354. The Kier molecular flexibility index (Phi) is 4.23. The molecule has 0 N–H and O–H groups in total. The number of hydrogen-bond acceptors (Lipinski definition) is 4. The Balaban J connectivity index is 2.09. The van der Waals surface area contributed by atoms with Crippen LogP contribution in [0, 0.1) is 0 Å². The first kappa shape index (κ1) is 13.2. The largest absolute Gasteiger partial charge is 0.469 e. The van der Waals surface area contributed by atoms with Crippen LogP contribution in [0.3, 0.4) is 0 Å². The lowest BCUT2D eigenvalue weighted by Crippen LogP contribution is -2.08. The van der Waals surface area contributed by atoms with E-state index in [0.29, 0.717) is 6.42 Å². The molecule has 1 aromatic carbocycles. The van der Waals surface area contributed by atoms with Crippen molar-refractivity contribution in [2.24, 2.45) is 0 Å². The van der Waals surface area contributed by atoms with Crippen molar-refractivity contribution < 1.29 is 14.3 Å². The van der Waals surface area contributed by atoms with Gasteiger partial charge in [0.2, 0.25) is 0 Å². The summed E-state index contributed by atoms with van der Waals surface area (Å²) in [4.78, 5) is 27.1. The van der Waals surface area contributed by atoms with E-state index in [9.17, 15) is 9.59 Å². The molecule has 0 atom stereocenters. The summed E-state index contributed by atoms with van der Waals surface area (Å²) in [6, 6.07) is 9.52. The van der Waals surface area contributed by atoms with Crippen molar-refractivity contribution in [1.29, 1.82) is 0 Å². The van der Waals surface area contributed by atoms with Gasteiger partial charge in [-0.05, 0) is 17.7 Å². The minimum Gasteiger partial charge on any atom is -0.469 e. The van der Waals surface area contributed by atoms with Crippen LogP contribution in [0.2, 0.25) is 0 Å². The lowest BCUT2D eigenvalue weighted by Gasteiger charge is -2.05. The number of esters is 1. The van der Waals surface area contributed by atoms with Crippen molar-refractivity contribution in [1.82, 2.24) is 4.98 Å². The lowest BCUT2D eigenvalue weighted by molar-refractivity contribution is -0.141. The van der Waals surface area contributed by atoms with Crippen molar-refractivity contribution in [3.05, 3.63) is 42.1 Å². The third-order valence-electron chi connectivity index (χ3n) is 2.96. The molecule has 19 heavy (non-hydrogen) atoms. The average Bonchev–Trinajstić information content (AvgIpc) is 2.45. The minimum absolute atomic E-state index is 0.0294. The number of aromatic nitrogens is 1. The number of ketones is 1. The van der Waals surface area contributed by atoms with Gasteiger partial charge in [-0.3, -0.25) is 14.6 Å². The second-order valence-electron chi connectivity index (χ2n) is 4.28. The highest BCUT2D eigenvalue weighted by atomic mass is 16.5. The highest BCUT2D eigenvalue weighted by Crippen LogP contribution is 2.17. The number of ether oxygens (including phenoxy) is 1. The Morgan fingerprint density at radius 2 is 2.00 bits per heavy atom. The van der Waals surface area contributed by atoms with Crippen LogP contribution in [0.5, 0.6) is 0 Å². The van der Waals surface area contributed by atoms with Crippen molar-refractivity contribution in [3.63, 3.8) is 0 Å². The van der Waals surface area contributed by atoms with Crippen molar-refractivity contribution in [2.75, 3.05) is 7.11 Å². The fourth-order valence-corrected chi connectivity index (χ4v) is 1.97. The number of methoxy groups -OCH3 is 1. The number of carbonyl (C=O) groups is 2. The molecular formula is C15H15NO3. The summed E-state index contributed by atoms with van der Waals surface area (Å²) < 4.78 is 4.52. The molecule has 98 valence electrons. The van der Waals surface area contributed by atoms with Crippen LogP contribution in [-0.2, 0) is 20.7 Å². The van der Waals surface area contributed by atoms with E-state index in [1.54, 1.807) is 6.20 Å². The quantitative estimate of drug-likeness (QED) is 0.771. The standard InChI is InChI=1S/C15H15NO3/c1-19-15(18)8-7-12(17)10-11-4-2-6-14-13(11)5-3-9-16-14/h2-6,9H,7-8,10H2,1H3. The average molecular weight is 257 g/mol. The third kappa shape index (κ3) is 3.37. The maximum Gasteiger partial charge on any atom is 0.305 e. The van der Waals surface area contributed by atoms with E-state index in [2.05, 4.69) is 9.72 Å². The molecular weight excluding hydrogens is 242 g/mol. The molecule has 1 aromatic heterocycles. The molecule has 0 aliphatic rings. The Morgan fingerprint density at radius 3 is 2.79 bits per heavy atom. The Morgan fingerprint density at radius 1 is 1.16 bits per heavy atom. The molecule has 0 saturated carbocycles. The van der Waals surface area contributed by atoms with E-state index in [1.807, 2.05) is 30.3 Å². The van der Waals surface area contributed by atoms with Crippen LogP contribution < -0.4 is 0 Å². The number of carbonyl (C=O) groups excluding carboxylic acids is 2. The lowest BCUT2D eigenvalue weighted by atomic mass is 10.0. The van der Waals surface area contributed by atoms with Gasteiger partial charge < -0.3 is 4.74 Å². The van der Waals surface area contributed by atoms with E-state index in [-0.39, 0.29) is 24.6 Å². The summed E-state index contributed by atoms with van der Waals surface area (Å²) in [5, 5.41) is 0.983. The van der Waals surface area contributed by atoms with Crippen molar-refractivity contribution in [2.45, 2.75) is 19.3 Å². The van der Waals surface area contributed by atoms with Gasteiger partial charge in [-0.15, -0.1) is 0 Å². The normalized spacial score (nSPS) is 10.4. The Labute approximate surface area is 111 Å². The molecule has 0 unspecified atom stereocenters. The van der Waals surface area contributed by atoms with E-state index < -0.39 is 0 Å².